The summed E-state index contributed by atoms with van der Waals surface area (Å²) in [5.41, 5.74) is 1.90. The van der Waals surface area contributed by atoms with Gasteiger partial charge >= 0.3 is 0 Å². The molecule has 23 heavy (non-hydrogen) atoms. The van der Waals surface area contributed by atoms with Crippen molar-refractivity contribution in [3.05, 3.63) is 41.7 Å². The second-order valence-corrected chi connectivity index (χ2v) is 5.14. The summed E-state index contributed by atoms with van der Waals surface area (Å²) < 4.78 is 1.56. The highest BCUT2D eigenvalue weighted by molar-refractivity contribution is 5.94. The third-order valence-corrected chi connectivity index (χ3v) is 3.70. The van der Waals surface area contributed by atoms with Crippen molar-refractivity contribution in [1.29, 1.82) is 0 Å². The van der Waals surface area contributed by atoms with Crippen LogP contribution in [0, 0.1) is 0 Å². The zero-order chi connectivity index (χ0) is 16.7. The second-order valence-electron chi connectivity index (χ2n) is 5.14. The Balaban J connectivity index is 1.92. The number of hydrogen-bond donors (Lipinski definition) is 2. The standard InChI is InChI=1S/C16H23N5O2/c1-3-20(4-2)10-9-17-16(23)13-5-7-15(8-6-13)21-11-14(12-22)18-19-21/h5-8,11,22H,3-4,9-10,12H2,1-2H3,(H,17,23). The van der Waals surface area contributed by atoms with Gasteiger partial charge in [-0.05, 0) is 37.4 Å². The fraction of sp³-hybridized carbons (Fsp3) is 0.438. The van der Waals surface area contributed by atoms with Gasteiger partial charge in [0, 0.05) is 18.7 Å². The number of aromatic nitrogens is 3. The molecule has 0 bridgehead atoms. The van der Waals surface area contributed by atoms with E-state index in [1.165, 1.54) is 0 Å². The third kappa shape index (κ3) is 4.61. The molecule has 0 spiro atoms. The molecule has 0 fully saturated rings. The number of carbonyl (C=O) groups is 1. The van der Waals surface area contributed by atoms with Gasteiger partial charge in [0.05, 0.1) is 18.5 Å². The Morgan fingerprint density at radius 2 is 1.96 bits per heavy atom. The lowest BCUT2D eigenvalue weighted by atomic mass is 10.2. The summed E-state index contributed by atoms with van der Waals surface area (Å²) in [5.74, 6) is -0.0849. The number of aliphatic hydroxyl groups is 1. The van der Waals surface area contributed by atoms with E-state index in [9.17, 15) is 4.79 Å². The average molecular weight is 317 g/mol. The molecule has 1 heterocycles. The van der Waals surface area contributed by atoms with Crippen LogP contribution >= 0.6 is 0 Å². The van der Waals surface area contributed by atoms with Crippen LogP contribution in [0.2, 0.25) is 0 Å². The van der Waals surface area contributed by atoms with Gasteiger partial charge < -0.3 is 15.3 Å². The smallest absolute Gasteiger partial charge is 0.251 e. The molecule has 1 aromatic carbocycles. The minimum absolute atomic E-state index is 0.0849. The second kappa shape index (κ2) is 8.40. The first-order valence-electron chi connectivity index (χ1n) is 7.81. The van der Waals surface area contributed by atoms with Crippen molar-refractivity contribution < 1.29 is 9.90 Å². The molecule has 7 heteroatoms. The number of carbonyl (C=O) groups excluding carboxylic acids is 1. The third-order valence-electron chi connectivity index (χ3n) is 3.70. The van der Waals surface area contributed by atoms with E-state index in [1.54, 1.807) is 35.1 Å². The molecule has 124 valence electrons. The summed E-state index contributed by atoms with van der Waals surface area (Å²) in [5, 5.41) is 19.7. The van der Waals surface area contributed by atoms with E-state index in [1.807, 2.05) is 0 Å². The Morgan fingerprint density at radius 1 is 1.26 bits per heavy atom. The van der Waals surface area contributed by atoms with Gasteiger partial charge in [0.25, 0.3) is 5.91 Å². The molecule has 7 nitrogen and oxygen atoms in total. The number of nitrogens with one attached hydrogen (secondary N) is 1. The molecule has 2 N–H and O–H groups in total. The summed E-state index contributed by atoms with van der Waals surface area (Å²) in [6.45, 7) is 7.51. The molecule has 2 aromatic rings. The van der Waals surface area contributed by atoms with Crippen LogP contribution in [-0.4, -0.2) is 57.1 Å². The Hall–Kier alpha value is -2.25. The van der Waals surface area contributed by atoms with Gasteiger partial charge in [-0.2, -0.15) is 0 Å². The Bertz CT molecular complexity index is 620. The molecule has 0 aliphatic heterocycles. The van der Waals surface area contributed by atoms with E-state index in [2.05, 4.69) is 34.4 Å². The number of benzene rings is 1. The van der Waals surface area contributed by atoms with Crippen molar-refractivity contribution in [1.82, 2.24) is 25.2 Å². The van der Waals surface area contributed by atoms with E-state index in [0.29, 0.717) is 17.8 Å². The van der Waals surface area contributed by atoms with Gasteiger partial charge in [-0.15, -0.1) is 5.10 Å². The molecular formula is C16H23N5O2. The summed E-state index contributed by atoms with van der Waals surface area (Å²) in [6, 6.07) is 7.11. The number of rotatable bonds is 8. The average Bonchev–Trinajstić information content (AvgIpc) is 3.08. The Morgan fingerprint density at radius 3 is 2.52 bits per heavy atom. The van der Waals surface area contributed by atoms with Crippen molar-refractivity contribution in [2.45, 2.75) is 20.5 Å². The van der Waals surface area contributed by atoms with Crippen molar-refractivity contribution in [3.63, 3.8) is 0 Å². The van der Waals surface area contributed by atoms with Crippen LogP contribution in [0.25, 0.3) is 5.69 Å². The predicted octanol–water partition coefficient (Wildman–Crippen LogP) is 0.831. The quantitative estimate of drug-likeness (QED) is 0.753. The minimum Gasteiger partial charge on any atom is -0.390 e. The number of aliphatic hydroxyl groups excluding tert-OH is 1. The van der Waals surface area contributed by atoms with Crippen LogP contribution in [0.4, 0.5) is 0 Å². The molecule has 1 amide bonds. The lowest BCUT2D eigenvalue weighted by molar-refractivity contribution is 0.0949. The maximum Gasteiger partial charge on any atom is 0.251 e. The normalized spacial score (nSPS) is 11.0. The molecule has 0 saturated heterocycles. The predicted molar refractivity (Wildman–Crippen MR) is 87.4 cm³/mol. The highest BCUT2D eigenvalue weighted by Gasteiger charge is 2.07. The Labute approximate surface area is 135 Å². The van der Waals surface area contributed by atoms with Crippen molar-refractivity contribution >= 4 is 5.91 Å². The minimum atomic E-state index is -0.146. The van der Waals surface area contributed by atoms with E-state index >= 15 is 0 Å². The fourth-order valence-corrected chi connectivity index (χ4v) is 2.23. The van der Waals surface area contributed by atoms with Gasteiger partial charge in [-0.3, -0.25) is 4.79 Å². The van der Waals surface area contributed by atoms with E-state index < -0.39 is 0 Å². The van der Waals surface area contributed by atoms with Crippen molar-refractivity contribution in [3.8, 4) is 5.69 Å². The van der Waals surface area contributed by atoms with E-state index in [-0.39, 0.29) is 12.5 Å². The molecule has 0 unspecified atom stereocenters. The first kappa shape index (κ1) is 17.1. The molecule has 0 aliphatic carbocycles. The van der Waals surface area contributed by atoms with E-state index in [0.717, 1.165) is 25.3 Å². The zero-order valence-corrected chi connectivity index (χ0v) is 13.6. The number of nitrogens with zero attached hydrogens (tertiary/aromatic N) is 4. The lowest BCUT2D eigenvalue weighted by Gasteiger charge is -2.17. The van der Waals surface area contributed by atoms with Crippen LogP contribution < -0.4 is 5.32 Å². The highest BCUT2D eigenvalue weighted by Crippen LogP contribution is 2.09. The van der Waals surface area contributed by atoms with Crippen LogP contribution in [-0.2, 0) is 6.61 Å². The topological polar surface area (TPSA) is 83.3 Å². The summed E-state index contributed by atoms with van der Waals surface area (Å²) in [4.78, 5) is 14.4. The monoisotopic (exact) mass is 317 g/mol. The van der Waals surface area contributed by atoms with Crippen LogP contribution in [0.3, 0.4) is 0 Å². The number of likely N-dealkylation sites (N-methyl/N-ethyl adjacent to an activating group) is 1. The molecule has 2 rings (SSSR count). The molecule has 0 saturated carbocycles. The van der Waals surface area contributed by atoms with Crippen LogP contribution in [0.15, 0.2) is 30.5 Å². The largest absolute Gasteiger partial charge is 0.390 e. The lowest BCUT2D eigenvalue weighted by Crippen LogP contribution is -2.34. The molecular weight excluding hydrogens is 294 g/mol. The zero-order valence-electron chi connectivity index (χ0n) is 13.6. The molecule has 0 aliphatic rings. The summed E-state index contributed by atoms with van der Waals surface area (Å²) in [6.07, 6.45) is 1.65. The van der Waals surface area contributed by atoms with Crippen molar-refractivity contribution in [2.24, 2.45) is 0 Å². The maximum atomic E-state index is 12.1. The summed E-state index contributed by atoms with van der Waals surface area (Å²) >= 11 is 0. The SMILES string of the molecule is CCN(CC)CCNC(=O)c1ccc(-n2cc(CO)nn2)cc1. The highest BCUT2D eigenvalue weighted by atomic mass is 16.3. The molecule has 0 atom stereocenters. The van der Waals surface area contributed by atoms with E-state index in [4.69, 9.17) is 5.11 Å². The first-order chi connectivity index (χ1) is 11.2. The first-order valence-corrected chi connectivity index (χ1v) is 7.81. The molecule has 0 radical (unpaired) electrons. The van der Waals surface area contributed by atoms with Crippen LogP contribution in [0.5, 0.6) is 0 Å². The number of amides is 1. The number of hydrogen-bond acceptors (Lipinski definition) is 5. The Kier molecular flexibility index (Phi) is 6.25. The van der Waals surface area contributed by atoms with Crippen LogP contribution in [0.1, 0.15) is 29.9 Å². The van der Waals surface area contributed by atoms with Gasteiger partial charge in [-0.25, -0.2) is 4.68 Å². The molecule has 1 aromatic heterocycles. The van der Waals surface area contributed by atoms with Gasteiger partial charge in [0.15, 0.2) is 0 Å². The maximum absolute atomic E-state index is 12.1. The van der Waals surface area contributed by atoms with Gasteiger partial charge in [0.2, 0.25) is 0 Å². The van der Waals surface area contributed by atoms with Gasteiger partial charge in [0.1, 0.15) is 5.69 Å². The van der Waals surface area contributed by atoms with Crippen molar-refractivity contribution in [2.75, 3.05) is 26.2 Å². The van der Waals surface area contributed by atoms with Gasteiger partial charge in [-0.1, -0.05) is 19.1 Å². The summed E-state index contributed by atoms with van der Waals surface area (Å²) in [7, 11) is 0. The fourth-order valence-electron chi connectivity index (χ4n) is 2.23.